The van der Waals surface area contributed by atoms with E-state index in [4.69, 9.17) is 0 Å². The van der Waals surface area contributed by atoms with E-state index in [0.717, 1.165) is 24.0 Å². The zero-order valence-electron chi connectivity index (χ0n) is 11.3. The van der Waals surface area contributed by atoms with Crippen molar-refractivity contribution < 1.29 is 13.7 Å². The van der Waals surface area contributed by atoms with Crippen molar-refractivity contribution in [3.63, 3.8) is 0 Å². The van der Waals surface area contributed by atoms with Gasteiger partial charge in [-0.3, -0.25) is 10.1 Å². The van der Waals surface area contributed by atoms with Gasteiger partial charge in [0.1, 0.15) is 5.82 Å². The molecule has 1 fully saturated rings. The lowest BCUT2D eigenvalue weighted by Gasteiger charge is -2.39. The third-order valence-corrected chi connectivity index (χ3v) is 4.74. The maximum atomic E-state index is 13.8. The third kappa shape index (κ3) is 3.03. The highest BCUT2D eigenvalue weighted by atomic mass is 32.2. The van der Waals surface area contributed by atoms with E-state index in [2.05, 4.69) is 19.2 Å². The molecule has 0 spiro atoms. The van der Waals surface area contributed by atoms with Crippen LogP contribution < -0.4 is 5.32 Å². The van der Waals surface area contributed by atoms with E-state index in [1.165, 1.54) is 0 Å². The number of nitrogens with zero attached hydrogens (tertiary/aromatic N) is 1. The SMILES string of the molecule is CC1(C)CCSCC1Nc1cc([N+](=O)[O-])c(F)cc1F. The lowest BCUT2D eigenvalue weighted by Crippen LogP contribution is -2.41. The summed E-state index contributed by atoms with van der Waals surface area (Å²) >= 11 is 1.75. The lowest BCUT2D eigenvalue weighted by molar-refractivity contribution is -0.387. The first-order valence-corrected chi connectivity index (χ1v) is 7.44. The molecule has 1 atom stereocenters. The topological polar surface area (TPSA) is 55.2 Å². The van der Waals surface area contributed by atoms with Gasteiger partial charge in [-0.25, -0.2) is 4.39 Å². The minimum absolute atomic E-state index is 0.0131. The molecule has 0 bridgehead atoms. The molecule has 0 aromatic heterocycles. The Morgan fingerprint density at radius 2 is 2.10 bits per heavy atom. The normalized spacial score (nSPS) is 21.5. The van der Waals surface area contributed by atoms with Gasteiger partial charge in [0, 0.05) is 23.9 Å². The molecule has 1 N–H and O–H groups in total. The Labute approximate surface area is 120 Å². The Balaban J connectivity index is 2.29. The first-order chi connectivity index (χ1) is 9.31. The van der Waals surface area contributed by atoms with Crippen molar-refractivity contribution in [2.75, 3.05) is 16.8 Å². The van der Waals surface area contributed by atoms with Gasteiger partial charge in [-0.1, -0.05) is 13.8 Å². The number of hydrogen-bond donors (Lipinski definition) is 1. The summed E-state index contributed by atoms with van der Waals surface area (Å²) in [5.41, 5.74) is -0.769. The van der Waals surface area contributed by atoms with Gasteiger partial charge >= 0.3 is 5.69 Å². The van der Waals surface area contributed by atoms with Gasteiger partial charge in [-0.15, -0.1) is 0 Å². The van der Waals surface area contributed by atoms with Crippen LogP contribution in [0.1, 0.15) is 20.3 Å². The summed E-state index contributed by atoms with van der Waals surface area (Å²) in [4.78, 5) is 9.87. The summed E-state index contributed by atoms with van der Waals surface area (Å²) in [6.45, 7) is 4.14. The lowest BCUT2D eigenvalue weighted by atomic mass is 9.82. The summed E-state index contributed by atoms with van der Waals surface area (Å²) < 4.78 is 27.1. The van der Waals surface area contributed by atoms with Crippen LogP contribution in [0, 0.1) is 27.2 Å². The molecule has 1 aromatic rings. The smallest absolute Gasteiger partial charge is 0.307 e. The molecule has 0 aliphatic carbocycles. The molecule has 7 heteroatoms. The van der Waals surface area contributed by atoms with Crippen molar-refractivity contribution in [2.24, 2.45) is 5.41 Å². The molecule has 0 amide bonds. The van der Waals surface area contributed by atoms with Crippen LogP contribution in [0.3, 0.4) is 0 Å². The number of halogens is 2. The Kier molecular flexibility index (Phi) is 4.17. The summed E-state index contributed by atoms with van der Waals surface area (Å²) in [6.07, 6.45) is 0.972. The van der Waals surface area contributed by atoms with Gasteiger partial charge in [0.15, 0.2) is 0 Å². The Bertz CT molecular complexity index is 537. The number of rotatable bonds is 3. The van der Waals surface area contributed by atoms with Gasteiger partial charge in [0.25, 0.3) is 0 Å². The Morgan fingerprint density at radius 1 is 1.40 bits per heavy atom. The van der Waals surface area contributed by atoms with Crippen LogP contribution in [0.2, 0.25) is 0 Å². The van der Waals surface area contributed by atoms with Crippen LogP contribution in [0.5, 0.6) is 0 Å². The number of hydrogen-bond acceptors (Lipinski definition) is 4. The molecule has 1 aliphatic heterocycles. The number of nitro groups is 1. The van der Waals surface area contributed by atoms with Gasteiger partial charge in [-0.05, 0) is 17.6 Å². The van der Waals surface area contributed by atoms with E-state index in [9.17, 15) is 18.9 Å². The molecule has 110 valence electrons. The van der Waals surface area contributed by atoms with E-state index in [1.807, 2.05) is 0 Å². The molecule has 4 nitrogen and oxygen atoms in total. The Hall–Kier alpha value is -1.37. The monoisotopic (exact) mass is 302 g/mol. The van der Waals surface area contributed by atoms with E-state index in [1.54, 1.807) is 11.8 Å². The van der Waals surface area contributed by atoms with Crippen LogP contribution in [0.4, 0.5) is 20.2 Å². The van der Waals surface area contributed by atoms with Gasteiger partial charge in [0.2, 0.25) is 5.82 Å². The van der Waals surface area contributed by atoms with Crippen molar-refractivity contribution in [1.29, 1.82) is 0 Å². The predicted molar refractivity (Wildman–Crippen MR) is 76.1 cm³/mol. The van der Waals surface area contributed by atoms with Crippen molar-refractivity contribution in [1.82, 2.24) is 0 Å². The summed E-state index contributed by atoms with van der Waals surface area (Å²) in [5.74, 6) is -0.135. The van der Waals surface area contributed by atoms with Crippen LogP contribution in [0.15, 0.2) is 12.1 Å². The average molecular weight is 302 g/mol. The van der Waals surface area contributed by atoms with E-state index < -0.39 is 22.2 Å². The number of nitrogens with one attached hydrogen (secondary N) is 1. The number of anilines is 1. The van der Waals surface area contributed by atoms with Crippen molar-refractivity contribution in [2.45, 2.75) is 26.3 Å². The highest BCUT2D eigenvalue weighted by Crippen LogP contribution is 2.37. The maximum Gasteiger partial charge on any atom is 0.307 e. The van der Waals surface area contributed by atoms with Crippen LogP contribution in [-0.2, 0) is 0 Å². The molecule has 1 heterocycles. The predicted octanol–water partition coefficient (Wildman–Crippen LogP) is 3.82. The molecule has 2 rings (SSSR count). The maximum absolute atomic E-state index is 13.8. The largest absolute Gasteiger partial charge is 0.378 e. The summed E-state index contributed by atoms with van der Waals surface area (Å²) in [5, 5.41) is 13.7. The van der Waals surface area contributed by atoms with Crippen molar-refractivity contribution in [3.8, 4) is 0 Å². The van der Waals surface area contributed by atoms with E-state index in [-0.39, 0.29) is 17.1 Å². The van der Waals surface area contributed by atoms with E-state index in [0.29, 0.717) is 6.07 Å². The zero-order chi connectivity index (χ0) is 14.9. The quantitative estimate of drug-likeness (QED) is 0.681. The minimum Gasteiger partial charge on any atom is -0.378 e. The highest BCUT2D eigenvalue weighted by molar-refractivity contribution is 7.99. The fraction of sp³-hybridized carbons (Fsp3) is 0.538. The third-order valence-electron chi connectivity index (χ3n) is 3.68. The van der Waals surface area contributed by atoms with Crippen molar-refractivity contribution >= 4 is 23.1 Å². The van der Waals surface area contributed by atoms with Gasteiger partial charge in [0.05, 0.1) is 10.6 Å². The summed E-state index contributed by atoms with van der Waals surface area (Å²) in [7, 11) is 0. The molecular weight excluding hydrogens is 286 g/mol. The molecule has 1 aromatic carbocycles. The number of thioether (sulfide) groups is 1. The second kappa shape index (κ2) is 5.55. The second-order valence-electron chi connectivity index (χ2n) is 5.55. The van der Waals surface area contributed by atoms with Crippen LogP contribution in [0.25, 0.3) is 0 Å². The van der Waals surface area contributed by atoms with E-state index >= 15 is 0 Å². The molecule has 1 saturated heterocycles. The van der Waals surface area contributed by atoms with Crippen LogP contribution in [-0.4, -0.2) is 22.5 Å². The van der Waals surface area contributed by atoms with Crippen molar-refractivity contribution in [3.05, 3.63) is 33.9 Å². The minimum atomic E-state index is -1.16. The molecule has 0 radical (unpaired) electrons. The number of nitro benzene ring substituents is 1. The second-order valence-corrected chi connectivity index (χ2v) is 6.70. The highest BCUT2D eigenvalue weighted by Gasteiger charge is 2.33. The fourth-order valence-corrected chi connectivity index (χ4v) is 3.76. The molecule has 1 unspecified atom stereocenters. The Morgan fingerprint density at radius 3 is 2.70 bits per heavy atom. The molecular formula is C13H16F2N2O2S. The molecule has 20 heavy (non-hydrogen) atoms. The zero-order valence-corrected chi connectivity index (χ0v) is 12.1. The van der Waals surface area contributed by atoms with Gasteiger partial charge < -0.3 is 5.32 Å². The first kappa shape index (κ1) is 15.0. The standard InChI is InChI=1S/C13H16F2N2O2S/c1-13(2)3-4-20-7-12(13)16-10-6-11(17(18)19)9(15)5-8(10)14/h5-6,12,16H,3-4,7H2,1-2H3. The fourth-order valence-electron chi connectivity index (χ4n) is 2.15. The average Bonchev–Trinajstić information content (AvgIpc) is 2.34. The number of benzene rings is 1. The first-order valence-electron chi connectivity index (χ1n) is 6.29. The summed E-state index contributed by atoms with van der Waals surface area (Å²) in [6, 6.07) is 1.48. The molecule has 0 saturated carbocycles. The van der Waals surface area contributed by atoms with Crippen LogP contribution >= 0.6 is 11.8 Å². The molecule has 1 aliphatic rings. The van der Waals surface area contributed by atoms with Gasteiger partial charge in [-0.2, -0.15) is 16.2 Å².